The van der Waals surface area contributed by atoms with Crippen LogP contribution in [0.1, 0.15) is 47.3 Å². The molecule has 3 aromatic carbocycles. The molecule has 1 atom stereocenters. The summed E-state index contributed by atoms with van der Waals surface area (Å²) >= 11 is 5.90. The van der Waals surface area contributed by atoms with Crippen molar-refractivity contribution in [2.45, 2.75) is 39.8 Å². The molecule has 2 N–H and O–H groups in total. The smallest absolute Gasteiger partial charge is 0.262 e. The molecule has 3 aromatic rings. The first-order chi connectivity index (χ1) is 17.7. The van der Waals surface area contributed by atoms with Crippen molar-refractivity contribution in [1.29, 1.82) is 0 Å². The fourth-order valence-corrected chi connectivity index (χ4v) is 3.65. The number of amides is 2. The van der Waals surface area contributed by atoms with Crippen LogP contribution >= 0.6 is 11.6 Å². The minimum Gasteiger partial charge on any atom is -0.493 e. The van der Waals surface area contributed by atoms with Crippen molar-refractivity contribution in [3.8, 4) is 11.5 Å². The Balaban J connectivity index is 1.61. The Morgan fingerprint density at radius 3 is 2.35 bits per heavy atom. The molecular weight excluding hydrogens is 490 g/mol. The molecule has 3 rings (SSSR count). The molecule has 8 heteroatoms. The van der Waals surface area contributed by atoms with Crippen molar-refractivity contribution in [2.24, 2.45) is 11.0 Å². The SMILES string of the molecule is COc1cc(C=NNC(=O)C(CC(C)C)NC(=O)c2ccc(Cl)cc2)ccc1OCc1ccc(C)cc1. The Morgan fingerprint density at radius 2 is 1.70 bits per heavy atom. The van der Waals surface area contributed by atoms with E-state index in [9.17, 15) is 9.59 Å². The molecule has 0 aliphatic carbocycles. The zero-order valence-corrected chi connectivity index (χ0v) is 22.2. The summed E-state index contributed by atoms with van der Waals surface area (Å²) in [7, 11) is 1.57. The Labute approximate surface area is 222 Å². The van der Waals surface area contributed by atoms with E-state index in [1.54, 1.807) is 43.5 Å². The van der Waals surface area contributed by atoms with E-state index < -0.39 is 11.9 Å². The summed E-state index contributed by atoms with van der Waals surface area (Å²) in [4.78, 5) is 25.4. The van der Waals surface area contributed by atoms with Crippen LogP contribution in [0.3, 0.4) is 0 Å². The summed E-state index contributed by atoms with van der Waals surface area (Å²) in [6.07, 6.45) is 1.97. The Hall–Kier alpha value is -3.84. The minimum atomic E-state index is -0.743. The molecule has 0 aromatic heterocycles. The van der Waals surface area contributed by atoms with Gasteiger partial charge in [-0.2, -0.15) is 5.10 Å². The average molecular weight is 522 g/mol. The summed E-state index contributed by atoms with van der Waals surface area (Å²) in [5.74, 6) is 0.577. The number of nitrogens with zero attached hydrogens (tertiary/aromatic N) is 1. The molecule has 7 nitrogen and oxygen atoms in total. The Morgan fingerprint density at radius 1 is 1.00 bits per heavy atom. The lowest BCUT2D eigenvalue weighted by Gasteiger charge is -2.19. The van der Waals surface area contributed by atoms with Crippen LogP contribution in [0, 0.1) is 12.8 Å². The predicted octanol–water partition coefficient (Wildman–Crippen LogP) is 5.53. The lowest BCUT2D eigenvalue weighted by molar-refractivity contribution is -0.123. The molecule has 0 aliphatic rings. The maximum Gasteiger partial charge on any atom is 0.262 e. The monoisotopic (exact) mass is 521 g/mol. The molecule has 0 fully saturated rings. The van der Waals surface area contributed by atoms with Gasteiger partial charge in [-0.3, -0.25) is 9.59 Å². The number of ether oxygens (including phenoxy) is 2. The second kappa shape index (κ2) is 13.5. The number of rotatable bonds is 11. The summed E-state index contributed by atoms with van der Waals surface area (Å²) in [6.45, 7) is 6.41. The van der Waals surface area contributed by atoms with Crippen LogP contribution in [-0.4, -0.2) is 31.2 Å². The maximum absolute atomic E-state index is 12.8. The molecule has 0 bridgehead atoms. The number of methoxy groups -OCH3 is 1. The van der Waals surface area contributed by atoms with Gasteiger partial charge in [-0.1, -0.05) is 55.3 Å². The highest BCUT2D eigenvalue weighted by molar-refractivity contribution is 6.30. The number of hydrogen-bond acceptors (Lipinski definition) is 5. The lowest BCUT2D eigenvalue weighted by atomic mass is 10.0. The van der Waals surface area contributed by atoms with E-state index in [1.165, 1.54) is 11.8 Å². The van der Waals surface area contributed by atoms with Gasteiger partial charge in [-0.05, 0) is 72.9 Å². The van der Waals surface area contributed by atoms with Crippen LogP contribution in [0.4, 0.5) is 0 Å². The molecule has 37 heavy (non-hydrogen) atoms. The first-order valence-corrected chi connectivity index (χ1v) is 12.4. The number of nitrogens with one attached hydrogen (secondary N) is 2. The fraction of sp³-hybridized carbons (Fsp3) is 0.276. The van der Waals surface area contributed by atoms with Gasteiger partial charge in [0.2, 0.25) is 0 Å². The van der Waals surface area contributed by atoms with Crippen molar-refractivity contribution in [3.05, 3.63) is 94.0 Å². The van der Waals surface area contributed by atoms with Crippen LogP contribution in [0.15, 0.2) is 71.8 Å². The van der Waals surface area contributed by atoms with Crippen LogP contribution in [0.5, 0.6) is 11.5 Å². The molecule has 1 unspecified atom stereocenters. The topological polar surface area (TPSA) is 89.0 Å². The summed E-state index contributed by atoms with van der Waals surface area (Å²) in [5, 5.41) is 7.40. The van der Waals surface area contributed by atoms with Gasteiger partial charge in [0.25, 0.3) is 11.8 Å². The predicted molar refractivity (Wildman–Crippen MR) is 146 cm³/mol. The van der Waals surface area contributed by atoms with Crippen molar-refractivity contribution in [3.63, 3.8) is 0 Å². The first-order valence-electron chi connectivity index (χ1n) is 12.0. The number of halogens is 1. The summed E-state index contributed by atoms with van der Waals surface area (Å²) < 4.78 is 11.4. The molecule has 0 spiro atoms. The number of hydrazone groups is 1. The third-order valence-corrected chi connectivity index (χ3v) is 5.78. The summed E-state index contributed by atoms with van der Waals surface area (Å²) in [6, 6.07) is 19.3. The van der Waals surface area contributed by atoms with Gasteiger partial charge < -0.3 is 14.8 Å². The number of aryl methyl sites for hydroxylation is 1. The van der Waals surface area contributed by atoms with Crippen LogP contribution < -0.4 is 20.2 Å². The first kappa shape index (κ1) is 27.7. The molecule has 0 saturated heterocycles. The van der Waals surface area contributed by atoms with Crippen molar-refractivity contribution in [1.82, 2.24) is 10.7 Å². The highest BCUT2D eigenvalue weighted by Crippen LogP contribution is 2.28. The zero-order valence-electron chi connectivity index (χ0n) is 21.5. The molecular formula is C29H32ClN3O4. The largest absolute Gasteiger partial charge is 0.493 e. The van der Waals surface area contributed by atoms with E-state index in [2.05, 4.69) is 15.8 Å². The minimum absolute atomic E-state index is 0.182. The van der Waals surface area contributed by atoms with Gasteiger partial charge in [-0.25, -0.2) is 5.43 Å². The second-order valence-corrected chi connectivity index (χ2v) is 9.52. The summed E-state index contributed by atoms with van der Waals surface area (Å²) in [5.41, 5.74) is 5.91. The molecule has 194 valence electrons. The van der Waals surface area contributed by atoms with Crippen molar-refractivity contribution < 1.29 is 19.1 Å². The second-order valence-electron chi connectivity index (χ2n) is 9.08. The van der Waals surface area contributed by atoms with Gasteiger partial charge in [0, 0.05) is 10.6 Å². The van der Waals surface area contributed by atoms with E-state index in [-0.39, 0.29) is 11.8 Å². The van der Waals surface area contributed by atoms with E-state index in [4.69, 9.17) is 21.1 Å². The zero-order chi connectivity index (χ0) is 26.8. The third-order valence-electron chi connectivity index (χ3n) is 5.53. The van der Waals surface area contributed by atoms with Crippen LogP contribution in [0.25, 0.3) is 0 Å². The van der Waals surface area contributed by atoms with Gasteiger partial charge in [-0.15, -0.1) is 0 Å². The molecule has 2 amide bonds. The normalized spacial score (nSPS) is 11.8. The molecule has 0 aliphatic heterocycles. The van der Waals surface area contributed by atoms with Crippen LogP contribution in [-0.2, 0) is 11.4 Å². The van der Waals surface area contributed by atoms with Gasteiger partial charge in [0.05, 0.1) is 13.3 Å². The van der Waals surface area contributed by atoms with E-state index >= 15 is 0 Å². The van der Waals surface area contributed by atoms with E-state index in [1.807, 2.05) is 51.1 Å². The Kier molecular flexibility index (Phi) is 10.1. The van der Waals surface area contributed by atoms with Gasteiger partial charge in [0.1, 0.15) is 12.6 Å². The molecule has 0 heterocycles. The number of benzene rings is 3. The van der Waals surface area contributed by atoms with Gasteiger partial charge >= 0.3 is 0 Å². The Bertz CT molecular complexity index is 1220. The van der Waals surface area contributed by atoms with Crippen molar-refractivity contribution >= 4 is 29.6 Å². The molecule has 0 saturated carbocycles. The lowest BCUT2D eigenvalue weighted by Crippen LogP contribution is -2.46. The number of hydrogen-bond donors (Lipinski definition) is 2. The maximum atomic E-state index is 12.8. The average Bonchev–Trinajstić information content (AvgIpc) is 2.88. The third kappa shape index (κ3) is 8.65. The highest BCUT2D eigenvalue weighted by atomic mass is 35.5. The quantitative estimate of drug-likeness (QED) is 0.256. The van der Waals surface area contributed by atoms with Crippen molar-refractivity contribution in [2.75, 3.05) is 7.11 Å². The van der Waals surface area contributed by atoms with Crippen LogP contribution in [0.2, 0.25) is 5.02 Å². The number of carbonyl (C=O) groups excluding carboxylic acids is 2. The van der Waals surface area contributed by atoms with E-state index in [0.29, 0.717) is 40.7 Å². The standard InChI is InChI=1S/C29H32ClN3O4/c1-19(2)15-25(32-28(34)23-10-12-24(30)13-11-23)29(35)33-31-17-22-9-14-26(27(16-22)36-4)37-18-21-7-5-20(3)6-8-21/h5-14,16-17,19,25H,15,18H2,1-4H3,(H,32,34)(H,33,35). The molecule has 0 radical (unpaired) electrons. The van der Waals surface area contributed by atoms with E-state index in [0.717, 1.165) is 5.56 Å². The van der Waals surface area contributed by atoms with Gasteiger partial charge in [0.15, 0.2) is 11.5 Å². The highest BCUT2D eigenvalue weighted by Gasteiger charge is 2.22. The fourth-order valence-electron chi connectivity index (χ4n) is 3.52. The number of carbonyl (C=O) groups is 2.